The van der Waals surface area contributed by atoms with Crippen molar-refractivity contribution in [1.82, 2.24) is 9.88 Å². The van der Waals surface area contributed by atoms with E-state index in [2.05, 4.69) is 28.3 Å². The van der Waals surface area contributed by atoms with Crippen molar-refractivity contribution in [2.45, 2.75) is 38.0 Å². The number of nitrogens with zero attached hydrogens (tertiary/aromatic N) is 2. The Hall–Kier alpha value is -1.43. The van der Waals surface area contributed by atoms with Gasteiger partial charge in [0, 0.05) is 37.1 Å². The molecule has 0 bridgehead atoms. The first-order chi connectivity index (χ1) is 11.2. The molecule has 2 atom stereocenters. The highest BCUT2D eigenvalue weighted by Gasteiger charge is 2.46. The molecule has 2 aliphatic rings. The van der Waals surface area contributed by atoms with E-state index in [-0.39, 0.29) is 11.7 Å². The molecule has 0 saturated carbocycles. The first-order valence-corrected chi connectivity index (χ1v) is 9.06. The zero-order chi connectivity index (χ0) is 15.7. The maximum Gasteiger partial charge on any atom is 0.138 e. The van der Waals surface area contributed by atoms with E-state index in [1.807, 2.05) is 23.5 Å². The summed E-state index contributed by atoms with van der Waals surface area (Å²) in [5, 5.41) is 2.18. The maximum atomic E-state index is 6.18. The van der Waals surface area contributed by atoms with Crippen molar-refractivity contribution in [1.29, 1.82) is 0 Å². The van der Waals surface area contributed by atoms with Gasteiger partial charge in [0.15, 0.2) is 0 Å². The molecule has 122 valence electrons. The molecule has 0 aliphatic carbocycles. The predicted molar refractivity (Wildman–Crippen MR) is 90.9 cm³/mol. The van der Waals surface area contributed by atoms with E-state index < -0.39 is 0 Å². The Labute approximate surface area is 141 Å². The Morgan fingerprint density at radius 2 is 2.43 bits per heavy atom. The number of rotatable bonds is 4. The first-order valence-electron chi connectivity index (χ1n) is 8.18. The van der Waals surface area contributed by atoms with Gasteiger partial charge in [-0.05, 0) is 42.5 Å². The molecule has 0 unspecified atom stereocenters. The molecule has 0 amide bonds. The van der Waals surface area contributed by atoms with Crippen LogP contribution >= 0.6 is 11.3 Å². The summed E-state index contributed by atoms with van der Waals surface area (Å²) in [6.45, 7) is 6.04. The third kappa shape index (κ3) is 3.27. The normalized spacial score (nSPS) is 27.8. The molecular formula is C18H22N2O2S. The summed E-state index contributed by atoms with van der Waals surface area (Å²) in [6.07, 6.45) is 5.75. The van der Waals surface area contributed by atoms with Crippen molar-refractivity contribution in [2.75, 3.05) is 19.7 Å². The second-order valence-electron chi connectivity index (χ2n) is 6.61. The first kappa shape index (κ1) is 15.1. The Balaban J connectivity index is 1.35. The standard InChI is InChI=1S/C18H22N2O2S/c1-14-4-8-23-17(14)11-20-7-5-18(13-20)9-16(12-21-18)22-15-3-2-6-19-10-15/h2-4,6,8,10,16H,5,7,9,11-13H2,1H3/t16-,18-/m0/s1. The Bertz CT molecular complexity index is 660. The highest BCUT2D eigenvalue weighted by Crippen LogP contribution is 2.37. The van der Waals surface area contributed by atoms with E-state index >= 15 is 0 Å². The summed E-state index contributed by atoms with van der Waals surface area (Å²) >= 11 is 1.86. The minimum Gasteiger partial charge on any atom is -0.486 e. The van der Waals surface area contributed by atoms with Crippen LogP contribution in [0.25, 0.3) is 0 Å². The van der Waals surface area contributed by atoms with Crippen LogP contribution in [0.4, 0.5) is 0 Å². The topological polar surface area (TPSA) is 34.6 Å². The van der Waals surface area contributed by atoms with Gasteiger partial charge in [-0.2, -0.15) is 0 Å². The minimum atomic E-state index is -0.0158. The van der Waals surface area contributed by atoms with Crippen molar-refractivity contribution >= 4 is 11.3 Å². The molecule has 4 rings (SSSR count). The summed E-state index contributed by atoms with van der Waals surface area (Å²) < 4.78 is 12.2. The van der Waals surface area contributed by atoms with Crippen LogP contribution in [-0.2, 0) is 11.3 Å². The van der Waals surface area contributed by atoms with Gasteiger partial charge in [0.25, 0.3) is 0 Å². The van der Waals surface area contributed by atoms with E-state index in [4.69, 9.17) is 9.47 Å². The maximum absolute atomic E-state index is 6.18. The largest absolute Gasteiger partial charge is 0.486 e. The van der Waals surface area contributed by atoms with Crippen molar-refractivity contribution in [3.05, 3.63) is 46.4 Å². The Morgan fingerprint density at radius 3 is 3.22 bits per heavy atom. The van der Waals surface area contributed by atoms with E-state index in [1.165, 1.54) is 10.4 Å². The molecule has 23 heavy (non-hydrogen) atoms. The molecule has 2 saturated heterocycles. The van der Waals surface area contributed by atoms with Gasteiger partial charge >= 0.3 is 0 Å². The third-order valence-electron chi connectivity index (χ3n) is 4.84. The summed E-state index contributed by atoms with van der Waals surface area (Å²) in [6, 6.07) is 6.07. The fourth-order valence-corrected chi connectivity index (χ4v) is 4.55. The van der Waals surface area contributed by atoms with Crippen LogP contribution in [0, 0.1) is 6.92 Å². The molecule has 0 radical (unpaired) electrons. The van der Waals surface area contributed by atoms with Crippen LogP contribution in [0.15, 0.2) is 36.0 Å². The van der Waals surface area contributed by atoms with Crippen molar-refractivity contribution in [3.8, 4) is 5.75 Å². The summed E-state index contributed by atoms with van der Waals surface area (Å²) in [5.74, 6) is 0.835. The molecule has 0 N–H and O–H groups in total. The average molecular weight is 330 g/mol. The molecular weight excluding hydrogens is 308 g/mol. The smallest absolute Gasteiger partial charge is 0.138 e. The molecule has 5 heteroatoms. The highest BCUT2D eigenvalue weighted by molar-refractivity contribution is 7.10. The summed E-state index contributed by atoms with van der Waals surface area (Å²) in [7, 11) is 0. The molecule has 1 spiro atoms. The van der Waals surface area contributed by atoms with E-state index in [0.29, 0.717) is 6.61 Å². The quantitative estimate of drug-likeness (QED) is 0.862. The second-order valence-corrected chi connectivity index (χ2v) is 7.61. The summed E-state index contributed by atoms with van der Waals surface area (Å²) in [4.78, 5) is 8.10. The molecule has 2 fully saturated rings. The highest BCUT2D eigenvalue weighted by atomic mass is 32.1. The average Bonchev–Trinajstić information content (AvgIpc) is 3.25. The molecule has 4 heterocycles. The Kier molecular flexibility index (Phi) is 4.09. The lowest BCUT2D eigenvalue weighted by Gasteiger charge is -2.23. The van der Waals surface area contributed by atoms with Gasteiger partial charge in [-0.1, -0.05) is 0 Å². The third-order valence-corrected chi connectivity index (χ3v) is 5.85. The number of likely N-dealkylation sites (tertiary alicyclic amines) is 1. The van der Waals surface area contributed by atoms with E-state index in [1.54, 1.807) is 12.4 Å². The fourth-order valence-electron chi connectivity index (χ4n) is 3.60. The molecule has 4 nitrogen and oxygen atoms in total. The van der Waals surface area contributed by atoms with Crippen LogP contribution in [-0.4, -0.2) is 41.3 Å². The lowest BCUT2D eigenvalue weighted by molar-refractivity contribution is 0.00939. The lowest BCUT2D eigenvalue weighted by Crippen LogP contribution is -2.33. The number of aryl methyl sites for hydroxylation is 1. The zero-order valence-electron chi connectivity index (χ0n) is 13.4. The van der Waals surface area contributed by atoms with Crippen LogP contribution in [0.1, 0.15) is 23.3 Å². The fraction of sp³-hybridized carbons (Fsp3) is 0.500. The van der Waals surface area contributed by atoms with Crippen LogP contribution in [0.2, 0.25) is 0 Å². The number of pyridine rings is 1. The van der Waals surface area contributed by atoms with Crippen LogP contribution in [0.5, 0.6) is 5.75 Å². The van der Waals surface area contributed by atoms with E-state index in [9.17, 15) is 0 Å². The lowest BCUT2D eigenvalue weighted by atomic mass is 9.98. The molecule has 0 aromatic carbocycles. The number of aromatic nitrogens is 1. The van der Waals surface area contributed by atoms with Gasteiger partial charge in [0.1, 0.15) is 11.9 Å². The van der Waals surface area contributed by atoms with Gasteiger partial charge < -0.3 is 9.47 Å². The zero-order valence-corrected chi connectivity index (χ0v) is 14.2. The number of thiophene rings is 1. The van der Waals surface area contributed by atoms with Crippen molar-refractivity contribution in [2.24, 2.45) is 0 Å². The van der Waals surface area contributed by atoms with Crippen LogP contribution < -0.4 is 4.74 Å². The van der Waals surface area contributed by atoms with E-state index in [0.717, 1.165) is 38.2 Å². The number of ether oxygens (including phenoxy) is 2. The predicted octanol–water partition coefficient (Wildman–Crippen LogP) is 3.26. The van der Waals surface area contributed by atoms with Gasteiger partial charge in [-0.15, -0.1) is 11.3 Å². The molecule has 2 aromatic heterocycles. The monoisotopic (exact) mass is 330 g/mol. The Morgan fingerprint density at radius 1 is 1.48 bits per heavy atom. The molecule has 2 aliphatic heterocycles. The second kappa shape index (κ2) is 6.23. The summed E-state index contributed by atoms with van der Waals surface area (Å²) in [5.41, 5.74) is 1.39. The van der Waals surface area contributed by atoms with Gasteiger partial charge in [0.05, 0.1) is 18.4 Å². The van der Waals surface area contributed by atoms with Gasteiger partial charge in [0.2, 0.25) is 0 Å². The SMILES string of the molecule is Cc1ccsc1CN1CC[C@]2(C[C@H](Oc3cccnc3)CO2)C1. The number of hydrogen-bond donors (Lipinski definition) is 0. The number of hydrogen-bond acceptors (Lipinski definition) is 5. The van der Waals surface area contributed by atoms with Crippen LogP contribution in [0.3, 0.4) is 0 Å². The van der Waals surface area contributed by atoms with Gasteiger partial charge in [-0.25, -0.2) is 0 Å². The minimum absolute atomic E-state index is 0.0158. The van der Waals surface area contributed by atoms with Crippen molar-refractivity contribution < 1.29 is 9.47 Å². The molecule has 2 aromatic rings. The van der Waals surface area contributed by atoms with Crippen molar-refractivity contribution in [3.63, 3.8) is 0 Å². The van der Waals surface area contributed by atoms with Gasteiger partial charge in [-0.3, -0.25) is 9.88 Å².